The Hall–Kier alpha value is -6.67. The third-order valence-electron chi connectivity index (χ3n) is 11.1. The molecule has 0 radical (unpaired) electrons. The number of thiazole rings is 1. The molecule has 1 aromatic carbocycles. The molecule has 62 heavy (non-hydrogen) atoms. The zero-order valence-corrected chi connectivity index (χ0v) is 35.5. The minimum absolute atomic E-state index is 0.0160. The molecule has 0 unspecified atom stereocenters. The van der Waals surface area contributed by atoms with Gasteiger partial charge in [0.2, 0.25) is 17.8 Å². The summed E-state index contributed by atoms with van der Waals surface area (Å²) < 4.78 is 1.69. The number of unbranched alkanes of at least 4 members (excludes halogenated alkanes) is 1. The zero-order chi connectivity index (χ0) is 43.9. The van der Waals surface area contributed by atoms with Crippen LogP contribution in [0.2, 0.25) is 0 Å². The lowest BCUT2D eigenvalue weighted by molar-refractivity contribution is -0.380. The molecule has 0 spiro atoms. The number of benzene rings is 1. The topological polar surface area (TPSA) is 240 Å². The van der Waals surface area contributed by atoms with Gasteiger partial charge >= 0.3 is 5.00 Å². The summed E-state index contributed by atoms with van der Waals surface area (Å²) in [7, 11) is 0. The molecular formula is C42H48N12O7S. The summed E-state index contributed by atoms with van der Waals surface area (Å²) in [4.78, 5) is 97.2. The minimum atomic E-state index is -0.557. The molecule has 7 rings (SSSR count). The fourth-order valence-corrected chi connectivity index (χ4v) is 8.69. The number of amides is 3. The van der Waals surface area contributed by atoms with Crippen molar-refractivity contribution in [3.05, 3.63) is 91.6 Å². The Kier molecular flexibility index (Phi) is 13.6. The van der Waals surface area contributed by atoms with Crippen molar-refractivity contribution >= 4 is 79.1 Å². The first kappa shape index (κ1) is 43.4. The van der Waals surface area contributed by atoms with E-state index in [4.69, 9.17) is 4.98 Å². The first-order chi connectivity index (χ1) is 29.9. The summed E-state index contributed by atoms with van der Waals surface area (Å²) in [6.45, 7) is 8.16. The van der Waals surface area contributed by atoms with Gasteiger partial charge in [0.1, 0.15) is 17.2 Å². The monoisotopic (exact) mass is 864 g/mol. The highest BCUT2D eigenvalue weighted by molar-refractivity contribution is 7.19. The largest absolute Gasteiger partial charge is 0.368 e. The molecule has 1 saturated carbocycles. The predicted molar refractivity (Wildman–Crippen MR) is 236 cm³/mol. The summed E-state index contributed by atoms with van der Waals surface area (Å²) in [5.41, 5.74) is 2.63. The molecule has 5 heterocycles. The SMILES string of the molecule is CC(=O)c1c(C)c2cnc(Nc3ccc(N4CCN(CC(=O)NCCCCC(=O)Nc5ccccc5C(=O)Nc5nc(C)c([N+](=O)[O-])s5)CC4)cn3)nc2n(C2CCCC2)c1=O. The molecule has 1 aliphatic heterocycles. The van der Waals surface area contributed by atoms with E-state index in [1.54, 1.807) is 48.1 Å². The molecule has 3 amide bonds. The maximum atomic E-state index is 13.6. The van der Waals surface area contributed by atoms with Gasteiger partial charge in [-0.3, -0.25) is 48.9 Å². The van der Waals surface area contributed by atoms with Crippen LogP contribution < -0.4 is 31.7 Å². The van der Waals surface area contributed by atoms with Crippen molar-refractivity contribution < 1.29 is 24.1 Å². The van der Waals surface area contributed by atoms with Crippen molar-refractivity contribution in [1.29, 1.82) is 0 Å². The van der Waals surface area contributed by atoms with Crippen LogP contribution in [0.4, 0.5) is 33.3 Å². The fourth-order valence-electron chi connectivity index (χ4n) is 7.91. The number of fused-ring (bicyclic) bond motifs is 1. The van der Waals surface area contributed by atoms with Crippen LogP contribution in [0.1, 0.15) is 89.9 Å². The van der Waals surface area contributed by atoms with Gasteiger partial charge in [0.15, 0.2) is 10.9 Å². The summed E-state index contributed by atoms with van der Waals surface area (Å²) in [6.07, 6.45) is 8.49. The van der Waals surface area contributed by atoms with Crippen LogP contribution in [0.15, 0.2) is 53.6 Å². The van der Waals surface area contributed by atoms with Crippen molar-refractivity contribution in [3.63, 3.8) is 0 Å². The van der Waals surface area contributed by atoms with Crippen LogP contribution in [0.5, 0.6) is 0 Å². The van der Waals surface area contributed by atoms with Gasteiger partial charge in [-0.25, -0.2) is 15.0 Å². The number of carbonyl (C=O) groups is 4. The van der Waals surface area contributed by atoms with Gasteiger partial charge in [-0.1, -0.05) is 25.0 Å². The quantitative estimate of drug-likeness (QED) is 0.0413. The second-order valence-corrected chi connectivity index (χ2v) is 16.4. The Balaban J connectivity index is 0.827. The van der Waals surface area contributed by atoms with E-state index in [0.29, 0.717) is 79.6 Å². The normalized spacial score (nSPS) is 14.5. The van der Waals surface area contributed by atoms with Gasteiger partial charge in [-0.15, -0.1) is 0 Å². The van der Waals surface area contributed by atoms with Crippen molar-refractivity contribution in [1.82, 2.24) is 34.7 Å². The minimum Gasteiger partial charge on any atom is -0.368 e. The van der Waals surface area contributed by atoms with Crippen LogP contribution in [0.3, 0.4) is 0 Å². The molecule has 324 valence electrons. The van der Waals surface area contributed by atoms with Crippen molar-refractivity contribution in [2.75, 3.05) is 60.1 Å². The van der Waals surface area contributed by atoms with Gasteiger partial charge < -0.3 is 20.9 Å². The van der Waals surface area contributed by atoms with Crippen molar-refractivity contribution in [3.8, 4) is 0 Å². The standard InChI is InChI=1S/C42H48N12O7S/c1-25-31-23-45-41(49-37(31)53(28-10-4-5-11-28)39(59)36(25)27(3)55)48-33-16-15-29(22-44-33)52-20-18-51(19-21-52)24-35(57)43-17-9-8-14-34(56)47-32-13-7-6-12-30(32)38(58)50-42-46-26(2)40(62-42)54(60)61/h6-7,12-13,15-16,22-23,28H,4-5,8-11,14,17-21,24H2,1-3H3,(H,43,57)(H,47,56)(H,46,50,58)(H,44,45,48,49). The Morgan fingerprint density at radius 2 is 1.68 bits per heavy atom. The molecular weight excluding hydrogens is 817 g/mol. The number of hydrogen-bond donors (Lipinski definition) is 4. The van der Waals surface area contributed by atoms with Gasteiger partial charge in [-0.05, 0) is 87.6 Å². The maximum Gasteiger partial charge on any atom is 0.348 e. The molecule has 19 nitrogen and oxygen atoms in total. The number of nitro groups is 1. The molecule has 4 N–H and O–H groups in total. The van der Waals surface area contributed by atoms with Crippen molar-refractivity contribution in [2.45, 2.75) is 71.8 Å². The average molecular weight is 865 g/mol. The molecule has 0 atom stereocenters. The maximum absolute atomic E-state index is 13.6. The van der Waals surface area contributed by atoms with E-state index < -0.39 is 10.8 Å². The van der Waals surface area contributed by atoms with Gasteiger partial charge in [-0.2, -0.15) is 4.98 Å². The summed E-state index contributed by atoms with van der Waals surface area (Å²) in [6, 6.07) is 10.3. The van der Waals surface area contributed by atoms with E-state index in [-0.39, 0.29) is 69.1 Å². The van der Waals surface area contributed by atoms with E-state index in [2.05, 4.69) is 46.0 Å². The van der Waals surface area contributed by atoms with E-state index in [1.165, 1.54) is 13.8 Å². The number of anilines is 5. The molecule has 4 aromatic heterocycles. The number of nitrogens with one attached hydrogen (secondary N) is 4. The molecule has 5 aromatic rings. The number of Topliss-reactive ketones (excluding diaryl/α,β-unsaturated/α-hetero) is 1. The van der Waals surface area contributed by atoms with E-state index in [9.17, 15) is 34.1 Å². The number of aryl methyl sites for hydroxylation is 2. The average Bonchev–Trinajstić information content (AvgIpc) is 3.91. The number of rotatable bonds is 16. The van der Waals surface area contributed by atoms with E-state index >= 15 is 0 Å². The van der Waals surface area contributed by atoms with E-state index in [1.807, 2.05) is 12.1 Å². The van der Waals surface area contributed by atoms with Crippen LogP contribution in [0.25, 0.3) is 11.0 Å². The summed E-state index contributed by atoms with van der Waals surface area (Å²) >= 11 is 0.759. The second kappa shape index (κ2) is 19.4. The third kappa shape index (κ3) is 10.1. The second-order valence-electron chi connectivity index (χ2n) is 15.4. The highest BCUT2D eigenvalue weighted by Crippen LogP contribution is 2.33. The third-order valence-corrected chi connectivity index (χ3v) is 12.1. The van der Waals surface area contributed by atoms with Gasteiger partial charge in [0.25, 0.3) is 11.5 Å². The number of pyridine rings is 2. The van der Waals surface area contributed by atoms with Crippen LogP contribution in [-0.2, 0) is 9.59 Å². The highest BCUT2D eigenvalue weighted by atomic mass is 32.1. The van der Waals surface area contributed by atoms with Gasteiger partial charge in [0.05, 0.1) is 40.2 Å². The van der Waals surface area contributed by atoms with Gasteiger partial charge in [0, 0.05) is 56.8 Å². The smallest absolute Gasteiger partial charge is 0.348 e. The summed E-state index contributed by atoms with van der Waals surface area (Å²) in [5.74, 6) is -0.352. The number of nitrogens with zero attached hydrogens (tertiary/aromatic N) is 8. The Morgan fingerprint density at radius 3 is 2.37 bits per heavy atom. The number of hydrogen-bond acceptors (Lipinski definition) is 15. The zero-order valence-electron chi connectivity index (χ0n) is 34.7. The number of aromatic nitrogens is 5. The van der Waals surface area contributed by atoms with Crippen LogP contribution in [-0.4, -0.2) is 97.1 Å². The van der Waals surface area contributed by atoms with E-state index in [0.717, 1.165) is 42.7 Å². The lowest BCUT2D eigenvalue weighted by atomic mass is 10.0. The van der Waals surface area contributed by atoms with Crippen LogP contribution in [0, 0.1) is 24.0 Å². The highest BCUT2D eigenvalue weighted by Gasteiger charge is 2.27. The molecule has 20 heteroatoms. The first-order valence-corrected chi connectivity index (χ1v) is 21.4. The molecule has 1 aliphatic carbocycles. The molecule has 0 bridgehead atoms. The Morgan fingerprint density at radius 1 is 0.919 bits per heavy atom. The number of carbonyl (C=O) groups excluding carboxylic acids is 4. The fraction of sp³-hybridized carbons (Fsp3) is 0.405. The number of para-hydroxylation sites is 1. The lowest BCUT2D eigenvalue weighted by Crippen LogP contribution is -2.49. The summed E-state index contributed by atoms with van der Waals surface area (Å²) in [5, 5.41) is 23.2. The van der Waals surface area contributed by atoms with Crippen LogP contribution >= 0.6 is 11.3 Å². The number of ketones is 1. The molecule has 2 aliphatic rings. The lowest BCUT2D eigenvalue weighted by Gasteiger charge is -2.35. The predicted octanol–water partition coefficient (Wildman–Crippen LogP) is 5.53. The number of piperazine rings is 1. The molecule has 1 saturated heterocycles. The Bertz CT molecular complexity index is 2560. The first-order valence-electron chi connectivity index (χ1n) is 20.6. The Labute approximate surface area is 360 Å². The molecule has 2 fully saturated rings. The van der Waals surface area contributed by atoms with Crippen molar-refractivity contribution in [2.24, 2.45) is 0 Å².